The van der Waals surface area contributed by atoms with Gasteiger partial charge in [0.05, 0.1) is 6.61 Å². The number of hydrogen-bond donors (Lipinski definition) is 2. The molecule has 4 nitrogen and oxygen atoms in total. The van der Waals surface area contributed by atoms with Gasteiger partial charge in [-0.2, -0.15) is 0 Å². The number of hydrogen-bond acceptors (Lipinski definition) is 4. The van der Waals surface area contributed by atoms with Crippen LogP contribution in [0.4, 0.5) is 11.4 Å². The Labute approximate surface area is 109 Å². The molecule has 1 aliphatic rings. The normalized spacial score (nSPS) is 14.8. The van der Waals surface area contributed by atoms with Crippen molar-refractivity contribution < 1.29 is 4.74 Å². The van der Waals surface area contributed by atoms with Crippen LogP contribution in [0.15, 0.2) is 18.2 Å². The van der Waals surface area contributed by atoms with E-state index in [9.17, 15) is 0 Å². The second-order valence-corrected chi connectivity index (χ2v) is 4.86. The van der Waals surface area contributed by atoms with Gasteiger partial charge in [0.15, 0.2) is 0 Å². The van der Waals surface area contributed by atoms with E-state index < -0.39 is 0 Å². The Kier molecular flexibility index (Phi) is 4.31. The van der Waals surface area contributed by atoms with Crippen LogP contribution in [0, 0.1) is 0 Å². The predicted molar refractivity (Wildman–Crippen MR) is 76.2 cm³/mol. The first-order chi connectivity index (χ1) is 8.69. The average molecular weight is 249 g/mol. The molecule has 0 bridgehead atoms. The maximum atomic E-state index is 5.85. The van der Waals surface area contributed by atoms with Gasteiger partial charge in [0, 0.05) is 42.6 Å². The molecule has 0 aromatic heterocycles. The van der Waals surface area contributed by atoms with Crippen LogP contribution in [0.3, 0.4) is 0 Å². The lowest BCUT2D eigenvalue weighted by atomic mass is 10.2. The van der Waals surface area contributed by atoms with E-state index in [4.69, 9.17) is 10.5 Å². The molecule has 0 spiro atoms. The van der Waals surface area contributed by atoms with Gasteiger partial charge >= 0.3 is 0 Å². The molecule has 0 atom stereocenters. The summed E-state index contributed by atoms with van der Waals surface area (Å²) in [4.78, 5) is 2.41. The fourth-order valence-corrected chi connectivity index (χ4v) is 2.05. The van der Waals surface area contributed by atoms with E-state index in [0.29, 0.717) is 6.61 Å². The number of nitrogens with zero attached hydrogens (tertiary/aromatic N) is 1. The Morgan fingerprint density at radius 1 is 1.39 bits per heavy atom. The van der Waals surface area contributed by atoms with Crippen molar-refractivity contribution in [1.29, 1.82) is 0 Å². The van der Waals surface area contributed by atoms with Crippen LogP contribution in [0.2, 0.25) is 0 Å². The van der Waals surface area contributed by atoms with Gasteiger partial charge in [0.2, 0.25) is 0 Å². The van der Waals surface area contributed by atoms with Crippen molar-refractivity contribution in [2.75, 3.05) is 37.8 Å². The monoisotopic (exact) mass is 249 g/mol. The van der Waals surface area contributed by atoms with Gasteiger partial charge in [-0.1, -0.05) is 0 Å². The molecule has 0 unspecified atom stereocenters. The highest BCUT2D eigenvalue weighted by atomic mass is 16.5. The lowest BCUT2D eigenvalue weighted by Gasteiger charge is -2.16. The van der Waals surface area contributed by atoms with Crippen LogP contribution < -0.4 is 15.8 Å². The zero-order valence-electron chi connectivity index (χ0n) is 11.3. The van der Waals surface area contributed by atoms with Gasteiger partial charge in [0.25, 0.3) is 0 Å². The number of anilines is 2. The van der Waals surface area contributed by atoms with Gasteiger partial charge in [0.1, 0.15) is 5.75 Å². The van der Waals surface area contributed by atoms with E-state index in [1.165, 1.54) is 12.8 Å². The third-order valence-electron chi connectivity index (χ3n) is 3.20. The molecular weight excluding hydrogens is 226 g/mol. The van der Waals surface area contributed by atoms with E-state index in [1.54, 1.807) is 0 Å². The summed E-state index contributed by atoms with van der Waals surface area (Å²) >= 11 is 0. The summed E-state index contributed by atoms with van der Waals surface area (Å²) < 4.78 is 5.47. The smallest absolute Gasteiger partial charge is 0.123 e. The minimum Gasteiger partial charge on any atom is -0.494 e. The number of likely N-dealkylation sites (N-methyl/N-ethyl adjacent to an activating group) is 1. The van der Waals surface area contributed by atoms with E-state index in [-0.39, 0.29) is 0 Å². The Bertz CT molecular complexity index is 391. The largest absolute Gasteiger partial charge is 0.494 e. The maximum Gasteiger partial charge on any atom is 0.123 e. The second kappa shape index (κ2) is 5.96. The molecule has 0 heterocycles. The van der Waals surface area contributed by atoms with Crippen LogP contribution in [-0.4, -0.2) is 37.7 Å². The standard InChI is InChI=1S/C14H23N3O/c1-3-18-14-9-11(15)8-12(10-14)16-6-7-17(2)13-4-5-13/h8-10,13,16H,3-7,15H2,1-2H3. The highest BCUT2D eigenvalue weighted by molar-refractivity contribution is 5.59. The number of nitrogen functional groups attached to an aromatic ring is 1. The minimum atomic E-state index is 0.660. The summed E-state index contributed by atoms with van der Waals surface area (Å²) in [5.74, 6) is 0.829. The third-order valence-corrected chi connectivity index (χ3v) is 3.20. The topological polar surface area (TPSA) is 50.5 Å². The van der Waals surface area contributed by atoms with Crippen molar-refractivity contribution >= 4 is 11.4 Å². The molecule has 0 aliphatic heterocycles. The van der Waals surface area contributed by atoms with Crippen LogP contribution in [-0.2, 0) is 0 Å². The molecule has 0 amide bonds. The van der Waals surface area contributed by atoms with Crippen molar-refractivity contribution in [3.63, 3.8) is 0 Å². The lowest BCUT2D eigenvalue weighted by molar-refractivity contribution is 0.336. The fourth-order valence-electron chi connectivity index (χ4n) is 2.05. The zero-order chi connectivity index (χ0) is 13.0. The molecule has 0 radical (unpaired) electrons. The molecule has 1 saturated carbocycles. The van der Waals surface area contributed by atoms with E-state index >= 15 is 0 Å². The van der Waals surface area contributed by atoms with Gasteiger partial charge in [-0.05, 0) is 32.9 Å². The average Bonchev–Trinajstić information content (AvgIpc) is 3.12. The van der Waals surface area contributed by atoms with Crippen LogP contribution >= 0.6 is 0 Å². The van der Waals surface area contributed by atoms with Crippen molar-refractivity contribution in [2.24, 2.45) is 0 Å². The summed E-state index contributed by atoms with van der Waals surface area (Å²) in [6.07, 6.45) is 2.70. The van der Waals surface area contributed by atoms with E-state index in [2.05, 4.69) is 17.3 Å². The molecular formula is C14H23N3O. The molecule has 2 rings (SSSR count). The summed E-state index contributed by atoms with van der Waals surface area (Å²) in [5, 5.41) is 3.40. The second-order valence-electron chi connectivity index (χ2n) is 4.86. The quantitative estimate of drug-likeness (QED) is 0.727. The molecule has 1 aromatic rings. The first-order valence-electron chi connectivity index (χ1n) is 6.66. The van der Waals surface area contributed by atoms with Crippen molar-refractivity contribution in [2.45, 2.75) is 25.8 Å². The Morgan fingerprint density at radius 3 is 2.83 bits per heavy atom. The fraction of sp³-hybridized carbons (Fsp3) is 0.571. The van der Waals surface area contributed by atoms with Gasteiger partial charge in [-0.3, -0.25) is 0 Å². The van der Waals surface area contributed by atoms with Crippen molar-refractivity contribution in [1.82, 2.24) is 4.90 Å². The van der Waals surface area contributed by atoms with Crippen LogP contribution in [0.25, 0.3) is 0 Å². The van der Waals surface area contributed by atoms with Crippen LogP contribution in [0.1, 0.15) is 19.8 Å². The van der Waals surface area contributed by atoms with Crippen molar-refractivity contribution in [3.8, 4) is 5.75 Å². The number of benzene rings is 1. The molecule has 18 heavy (non-hydrogen) atoms. The SMILES string of the molecule is CCOc1cc(N)cc(NCCN(C)C2CC2)c1. The maximum absolute atomic E-state index is 5.85. The van der Waals surface area contributed by atoms with Crippen LogP contribution in [0.5, 0.6) is 5.75 Å². The first kappa shape index (κ1) is 13.0. The molecule has 1 aromatic carbocycles. The molecule has 0 saturated heterocycles. The van der Waals surface area contributed by atoms with E-state index in [0.717, 1.165) is 36.3 Å². The minimum absolute atomic E-state index is 0.660. The van der Waals surface area contributed by atoms with Gasteiger partial charge < -0.3 is 20.7 Å². The molecule has 1 aliphatic carbocycles. The third kappa shape index (κ3) is 3.81. The van der Waals surface area contributed by atoms with E-state index in [1.807, 2.05) is 25.1 Å². The predicted octanol–water partition coefficient (Wildman–Crippen LogP) is 2.17. The number of nitrogens with one attached hydrogen (secondary N) is 1. The number of rotatable bonds is 7. The first-order valence-corrected chi connectivity index (χ1v) is 6.66. The molecule has 3 N–H and O–H groups in total. The molecule has 100 valence electrons. The Balaban J connectivity index is 1.83. The Hall–Kier alpha value is -1.42. The summed E-state index contributed by atoms with van der Waals surface area (Å²) in [5.41, 5.74) is 7.61. The summed E-state index contributed by atoms with van der Waals surface area (Å²) in [6, 6.07) is 6.60. The summed E-state index contributed by atoms with van der Waals surface area (Å²) in [7, 11) is 2.18. The summed E-state index contributed by atoms with van der Waals surface area (Å²) in [6.45, 7) is 4.62. The Morgan fingerprint density at radius 2 is 2.17 bits per heavy atom. The molecule has 1 fully saturated rings. The number of nitrogens with two attached hydrogens (primary N) is 1. The van der Waals surface area contributed by atoms with Gasteiger partial charge in [-0.25, -0.2) is 0 Å². The highest BCUT2D eigenvalue weighted by Crippen LogP contribution is 2.25. The number of ether oxygens (including phenoxy) is 1. The zero-order valence-corrected chi connectivity index (χ0v) is 11.3. The lowest BCUT2D eigenvalue weighted by Crippen LogP contribution is -2.27. The van der Waals surface area contributed by atoms with Crippen molar-refractivity contribution in [3.05, 3.63) is 18.2 Å². The van der Waals surface area contributed by atoms with Gasteiger partial charge in [-0.15, -0.1) is 0 Å². The molecule has 4 heteroatoms. The highest BCUT2D eigenvalue weighted by Gasteiger charge is 2.25.